The van der Waals surface area contributed by atoms with Gasteiger partial charge in [-0.2, -0.15) is 0 Å². The first kappa shape index (κ1) is 17.2. The van der Waals surface area contributed by atoms with E-state index in [1.165, 1.54) is 52.0 Å². The first-order valence-electron chi connectivity index (χ1n) is 8.94. The molecule has 0 aromatic carbocycles. The Hall–Kier alpha value is -0.160. The van der Waals surface area contributed by atoms with Crippen molar-refractivity contribution in [3.63, 3.8) is 0 Å². The number of piperazine rings is 1. The molecule has 0 saturated carbocycles. The molecular weight excluding hydrogens is 262 g/mol. The molecule has 0 radical (unpaired) electrons. The van der Waals surface area contributed by atoms with Gasteiger partial charge in [0.1, 0.15) is 0 Å². The minimum Gasteiger partial charge on any atom is -0.381 e. The fraction of sp³-hybridized carbons (Fsp3) is 1.00. The quantitative estimate of drug-likeness (QED) is 0.776. The van der Waals surface area contributed by atoms with Crippen LogP contribution in [0, 0.1) is 5.41 Å². The highest BCUT2D eigenvalue weighted by molar-refractivity contribution is 4.89. The van der Waals surface area contributed by atoms with E-state index in [0.29, 0.717) is 5.41 Å². The van der Waals surface area contributed by atoms with E-state index in [0.717, 1.165) is 32.3 Å². The summed E-state index contributed by atoms with van der Waals surface area (Å²) in [5.41, 5.74) is 0.340. The van der Waals surface area contributed by atoms with Gasteiger partial charge in [0.15, 0.2) is 0 Å². The molecule has 124 valence electrons. The zero-order valence-corrected chi connectivity index (χ0v) is 14.4. The van der Waals surface area contributed by atoms with Crippen molar-refractivity contribution in [2.75, 3.05) is 59.0 Å². The third-order valence-corrected chi connectivity index (χ3v) is 5.33. The third kappa shape index (κ3) is 4.92. The van der Waals surface area contributed by atoms with E-state index in [-0.39, 0.29) is 0 Å². The maximum atomic E-state index is 5.82. The van der Waals surface area contributed by atoms with Gasteiger partial charge in [-0.3, -0.25) is 4.90 Å². The SMILES string of the molecule is CCNCC1(CN2CCN(C(C)CC)CC2)CCCOC1. The van der Waals surface area contributed by atoms with E-state index < -0.39 is 0 Å². The molecule has 2 fully saturated rings. The zero-order chi connectivity index (χ0) is 15.1. The number of ether oxygens (including phenoxy) is 1. The van der Waals surface area contributed by atoms with Crippen LogP contribution < -0.4 is 5.32 Å². The molecule has 2 unspecified atom stereocenters. The summed E-state index contributed by atoms with van der Waals surface area (Å²) in [6, 6.07) is 0.737. The molecule has 0 amide bonds. The second-order valence-electron chi connectivity index (χ2n) is 7.01. The summed E-state index contributed by atoms with van der Waals surface area (Å²) < 4.78 is 5.82. The molecule has 0 aromatic rings. The Labute approximate surface area is 131 Å². The minimum absolute atomic E-state index is 0.340. The molecule has 21 heavy (non-hydrogen) atoms. The highest BCUT2D eigenvalue weighted by Gasteiger charge is 2.35. The van der Waals surface area contributed by atoms with Crippen LogP contribution in [-0.4, -0.2) is 74.9 Å². The lowest BCUT2D eigenvalue weighted by Crippen LogP contribution is -2.55. The molecule has 2 saturated heterocycles. The van der Waals surface area contributed by atoms with Gasteiger partial charge in [-0.05, 0) is 32.7 Å². The van der Waals surface area contributed by atoms with Gasteiger partial charge in [-0.1, -0.05) is 13.8 Å². The van der Waals surface area contributed by atoms with Crippen LogP contribution >= 0.6 is 0 Å². The molecule has 0 spiro atoms. The lowest BCUT2D eigenvalue weighted by molar-refractivity contribution is -0.0344. The number of hydrogen-bond acceptors (Lipinski definition) is 4. The zero-order valence-electron chi connectivity index (χ0n) is 14.4. The molecule has 2 heterocycles. The molecule has 0 aromatic heterocycles. The molecular formula is C17H35N3O. The Morgan fingerprint density at radius 2 is 1.95 bits per heavy atom. The monoisotopic (exact) mass is 297 g/mol. The standard InChI is InChI=1S/C17H35N3O/c1-4-16(3)20-10-8-19(9-11-20)14-17(13-18-5-2)7-6-12-21-15-17/h16,18H,4-15H2,1-3H3. The second kappa shape index (κ2) is 8.47. The van der Waals surface area contributed by atoms with E-state index in [1.807, 2.05) is 0 Å². The van der Waals surface area contributed by atoms with Gasteiger partial charge in [0.25, 0.3) is 0 Å². The first-order chi connectivity index (χ1) is 10.2. The fourth-order valence-electron chi connectivity index (χ4n) is 3.72. The summed E-state index contributed by atoms with van der Waals surface area (Å²) in [5.74, 6) is 0. The Morgan fingerprint density at radius 1 is 1.19 bits per heavy atom. The molecule has 2 rings (SSSR count). The predicted molar refractivity (Wildman–Crippen MR) is 88.8 cm³/mol. The van der Waals surface area contributed by atoms with Crippen LogP contribution in [0.5, 0.6) is 0 Å². The molecule has 2 aliphatic heterocycles. The van der Waals surface area contributed by atoms with E-state index in [1.54, 1.807) is 0 Å². The maximum Gasteiger partial charge on any atom is 0.0546 e. The fourth-order valence-corrected chi connectivity index (χ4v) is 3.72. The second-order valence-corrected chi connectivity index (χ2v) is 7.01. The van der Waals surface area contributed by atoms with Crippen molar-refractivity contribution >= 4 is 0 Å². The molecule has 4 nitrogen and oxygen atoms in total. The summed E-state index contributed by atoms with van der Waals surface area (Å²) >= 11 is 0. The van der Waals surface area contributed by atoms with Gasteiger partial charge >= 0.3 is 0 Å². The number of nitrogens with zero attached hydrogens (tertiary/aromatic N) is 2. The van der Waals surface area contributed by atoms with Crippen LogP contribution in [0.1, 0.15) is 40.0 Å². The average Bonchev–Trinajstić information content (AvgIpc) is 2.54. The van der Waals surface area contributed by atoms with Crippen molar-refractivity contribution in [2.24, 2.45) is 5.41 Å². The highest BCUT2D eigenvalue weighted by atomic mass is 16.5. The molecule has 0 aliphatic carbocycles. The van der Waals surface area contributed by atoms with Crippen molar-refractivity contribution in [3.05, 3.63) is 0 Å². The Bertz CT molecular complexity index is 284. The maximum absolute atomic E-state index is 5.82. The van der Waals surface area contributed by atoms with Gasteiger partial charge < -0.3 is 15.0 Å². The van der Waals surface area contributed by atoms with Gasteiger partial charge in [0, 0.05) is 57.3 Å². The van der Waals surface area contributed by atoms with Crippen molar-refractivity contribution in [1.82, 2.24) is 15.1 Å². The topological polar surface area (TPSA) is 27.7 Å². The van der Waals surface area contributed by atoms with Crippen LogP contribution in [0.2, 0.25) is 0 Å². The molecule has 1 N–H and O–H groups in total. The average molecular weight is 297 g/mol. The van der Waals surface area contributed by atoms with Crippen LogP contribution in [0.25, 0.3) is 0 Å². The number of nitrogens with one attached hydrogen (secondary N) is 1. The van der Waals surface area contributed by atoms with Crippen LogP contribution in [0.4, 0.5) is 0 Å². The van der Waals surface area contributed by atoms with Crippen molar-refractivity contribution in [2.45, 2.75) is 46.1 Å². The lowest BCUT2D eigenvalue weighted by atomic mass is 9.81. The lowest BCUT2D eigenvalue weighted by Gasteiger charge is -2.44. The van der Waals surface area contributed by atoms with E-state index in [2.05, 4.69) is 35.9 Å². The number of hydrogen-bond donors (Lipinski definition) is 1. The van der Waals surface area contributed by atoms with Gasteiger partial charge in [-0.25, -0.2) is 0 Å². The smallest absolute Gasteiger partial charge is 0.0546 e. The highest BCUT2D eigenvalue weighted by Crippen LogP contribution is 2.29. The largest absolute Gasteiger partial charge is 0.381 e. The van der Waals surface area contributed by atoms with Crippen LogP contribution in [-0.2, 0) is 4.74 Å². The normalized spacial score (nSPS) is 30.4. The molecule has 0 bridgehead atoms. The predicted octanol–water partition coefficient (Wildman–Crippen LogP) is 1.81. The molecule has 2 atom stereocenters. The van der Waals surface area contributed by atoms with Gasteiger partial charge in [0.2, 0.25) is 0 Å². The Balaban J connectivity index is 1.84. The van der Waals surface area contributed by atoms with Crippen molar-refractivity contribution < 1.29 is 4.74 Å². The van der Waals surface area contributed by atoms with Crippen molar-refractivity contribution in [3.8, 4) is 0 Å². The van der Waals surface area contributed by atoms with Crippen molar-refractivity contribution in [1.29, 1.82) is 0 Å². The third-order valence-electron chi connectivity index (χ3n) is 5.33. The van der Waals surface area contributed by atoms with Crippen LogP contribution in [0.15, 0.2) is 0 Å². The van der Waals surface area contributed by atoms with E-state index in [4.69, 9.17) is 4.74 Å². The van der Waals surface area contributed by atoms with Gasteiger partial charge in [0.05, 0.1) is 6.61 Å². The molecule has 4 heteroatoms. The summed E-state index contributed by atoms with van der Waals surface area (Å²) in [7, 11) is 0. The van der Waals surface area contributed by atoms with Gasteiger partial charge in [-0.15, -0.1) is 0 Å². The van der Waals surface area contributed by atoms with Crippen LogP contribution in [0.3, 0.4) is 0 Å². The minimum atomic E-state index is 0.340. The molecule has 2 aliphatic rings. The van der Waals surface area contributed by atoms with E-state index in [9.17, 15) is 0 Å². The summed E-state index contributed by atoms with van der Waals surface area (Å²) in [4.78, 5) is 5.32. The number of rotatable bonds is 7. The summed E-state index contributed by atoms with van der Waals surface area (Å²) in [5, 5.41) is 3.57. The Morgan fingerprint density at radius 3 is 2.52 bits per heavy atom. The van der Waals surface area contributed by atoms with E-state index >= 15 is 0 Å². The Kier molecular flexibility index (Phi) is 6.93. The summed E-state index contributed by atoms with van der Waals surface area (Å²) in [6.45, 7) is 17.0. The first-order valence-corrected chi connectivity index (χ1v) is 8.94. The summed E-state index contributed by atoms with van der Waals surface area (Å²) in [6.07, 6.45) is 3.79.